The summed E-state index contributed by atoms with van der Waals surface area (Å²) in [7, 11) is 0. The van der Waals surface area contributed by atoms with E-state index >= 15 is 0 Å². The number of aromatic nitrogens is 6. The van der Waals surface area contributed by atoms with E-state index in [1.165, 1.54) is 0 Å². The molecule has 2 aromatic heterocycles. The summed E-state index contributed by atoms with van der Waals surface area (Å²) in [5.74, 6) is 0.587. The number of hydrogen-bond donors (Lipinski definition) is 1. The summed E-state index contributed by atoms with van der Waals surface area (Å²) in [5.41, 5.74) is 1.50. The van der Waals surface area contributed by atoms with Gasteiger partial charge in [0, 0.05) is 12.6 Å². The van der Waals surface area contributed by atoms with E-state index < -0.39 is 5.60 Å². The van der Waals surface area contributed by atoms with E-state index in [1.807, 2.05) is 24.9 Å². The minimum absolute atomic E-state index is 0.214. The number of β-amino-alcohol motifs (C(OH)–C–C–N with tert-alkyl or cyclic N) is 1. The van der Waals surface area contributed by atoms with Gasteiger partial charge in [-0.3, -0.25) is 0 Å². The highest BCUT2D eigenvalue weighted by atomic mass is 16.3. The lowest BCUT2D eigenvalue weighted by atomic mass is 9.90. The van der Waals surface area contributed by atoms with Crippen LogP contribution in [0.1, 0.15) is 63.7 Å². The number of anilines is 1. The molecule has 3 heterocycles. The number of hydrogen-bond acceptors (Lipinski definition) is 7. The quantitative estimate of drug-likeness (QED) is 0.881. The van der Waals surface area contributed by atoms with E-state index in [4.69, 9.17) is 0 Å². The minimum atomic E-state index is -1.04. The van der Waals surface area contributed by atoms with Crippen molar-refractivity contribution in [3.63, 3.8) is 0 Å². The maximum absolute atomic E-state index is 11.2. The summed E-state index contributed by atoms with van der Waals surface area (Å²) in [5, 5.41) is 28.1. The zero-order chi connectivity index (χ0) is 18.0. The van der Waals surface area contributed by atoms with Gasteiger partial charge in [-0.1, -0.05) is 19.1 Å². The lowest BCUT2D eigenvalue weighted by Gasteiger charge is -2.37. The number of aryl methyl sites for hydroxylation is 2. The largest absolute Gasteiger partial charge is 0.382 e. The standard InChI is InChI=1S/C17H27N7O/c1-5-13-14(6-2)19-21-16(18-13)23-9-7-8-17(25,11-23)15-10-24(12(3)4)22-20-15/h10,12,25H,5-9,11H2,1-4H3/t17-/m0/s1. The third-order valence-electron chi connectivity index (χ3n) is 4.77. The molecule has 0 unspecified atom stereocenters. The van der Waals surface area contributed by atoms with Crippen LogP contribution in [-0.2, 0) is 18.4 Å². The maximum Gasteiger partial charge on any atom is 0.245 e. The molecule has 25 heavy (non-hydrogen) atoms. The van der Waals surface area contributed by atoms with Crippen LogP contribution in [0.4, 0.5) is 5.95 Å². The topological polar surface area (TPSA) is 92.8 Å². The Balaban J connectivity index is 1.85. The first kappa shape index (κ1) is 17.7. The average molecular weight is 345 g/mol. The van der Waals surface area contributed by atoms with Gasteiger partial charge in [-0.15, -0.1) is 10.2 Å². The van der Waals surface area contributed by atoms with Gasteiger partial charge in [0.25, 0.3) is 0 Å². The first-order valence-corrected chi connectivity index (χ1v) is 9.09. The molecule has 0 bridgehead atoms. The van der Waals surface area contributed by atoms with Crippen molar-refractivity contribution in [3.8, 4) is 0 Å². The molecular weight excluding hydrogens is 318 g/mol. The Morgan fingerprint density at radius 3 is 2.56 bits per heavy atom. The monoisotopic (exact) mass is 345 g/mol. The van der Waals surface area contributed by atoms with Gasteiger partial charge in [0.15, 0.2) is 0 Å². The Hall–Kier alpha value is -2.09. The molecular formula is C17H27N7O. The summed E-state index contributed by atoms with van der Waals surface area (Å²) in [6.07, 6.45) is 4.98. The number of nitrogens with zero attached hydrogens (tertiary/aromatic N) is 7. The summed E-state index contributed by atoms with van der Waals surface area (Å²) in [6, 6.07) is 0.214. The van der Waals surface area contributed by atoms with Crippen LogP contribution in [0.3, 0.4) is 0 Å². The summed E-state index contributed by atoms with van der Waals surface area (Å²) < 4.78 is 1.77. The second-order valence-electron chi connectivity index (χ2n) is 6.95. The van der Waals surface area contributed by atoms with Crippen LogP contribution >= 0.6 is 0 Å². The van der Waals surface area contributed by atoms with Gasteiger partial charge in [-0.2, -0.15) is 5.10 Å². The molecule has 8 heteroatoms. The van der Waals surface area contributed by atoms with Crippen LogP contribution in [0.5, 0.6) is 0 Å². The Bertz CT molecular complexity index is 730. The normalized spacial score (nSPS) is 21.1. The first-order valence-electron chi connectivity index (χ1n) is 9.09. The molecule has 0 aromatic carbocycles. The molecule has 136 valence electrons. The van der Waals surface area contributed by atoms with Crippen LogP contribution in [0.2, 0.25) is 0 Å². The first-order chi connectivity index (χ1) is 12.0. The van der Waals surface area contributed by atoms with Gasteiger partial charge in [0.1, 0.15) is 11.3 Å². The predicted molar refractivity (Wildman–Crippen MR) is 94.3 cm³/mol. The van der Waals surface area contributed by atoms with Gasteiger partial charge in [-0.05, 0) is 39.5 Å². The molecule has 0 aliphatic carbocycles. The fourth-order valence-electron chi connectivity index (χ4n) is 3.22. The molecule has 1 N–H and O–H groups in total. The van der Waals surface area contributed by atoms with E-state index in [-0.39, 0.29) is 6.04 Å². The number of aliphatic hydroxyl groups is 1. The van der Waals surface area contributed by atoms with Crippen LogP contribution in [0.15, 0.2) is 6.20 Å². The van der Waals surface area contributed by atoms with Crippen molar-refractivity contribution in [1.82, 2.24) is 30.2 Å². The van der Waals surface area contributed by atoms with Gasteiger partial charge in [0.05, 0.1) is 24.1 Å². The smallest absolute Gasteiger partial charge is 0.245 e. The summed E-state index contributed by atoms with van der Waals surface area (Å²) in [4.78, 5) is 6.68. The lowest BCUT2D eigenvalue weighted by molar-refractivity contribution is 0.0171. The molecule has 1 atom stereocenters. The van der Waals surface area contributed by atoms with Crippen LogP contribution in [-0.4, -0.2) is 48.4 Å². The molecule has 2 aromatic rings. The van der Waals surface area contributed by atoms with Crippen molar-refractivity contribution < 1.29 is 5.11 Å². The molecule has 3 rings (SSSR count). The Morgan fingerprint density at radius 1 is 1.16 bits per heavy atom. The average Bonchev–Trinajstić information content (AvgIpc) is 3.12. The minimum Gasteiger partial charge on any atom is -0.382 e. The van der Waals surface area contributed by atoms with Crippen LogP contribution in [0.25, 0.3) is 0 Å². The Morgan fingerprint density at radius 2 is 1.92 bits per heavy atom. The van der Waals surface area contributed by atoms with Crippen LogP contribution < -0.4 is 4.90 Å². The molecule has 0 saturated carbocycles. The molecule has 0 spiro atoms. The zero-order valence-corrected chi connectivity index (χ0v) is 15.5. The summed E-state index contributed by atoms with van der Waals surface area (Å²) in [6.45, 7) is 9.41. The maximum atomic E-state index is 11.2. The third kappa shape index (κ3) is 3.49. The molecule has 1 saturated heterocycles. The molecule has 0 radical (unpaired) electrons. The van der Waals surface area contributed by atoms with Gasteiger partial charge >= 0.3 is 0 Å². The highest BCUT2D eigenvalue weighted by Crippen LogP contribution is 2.31. The highest BCUT2D eigenvalue weighted by molar-refractivity contribution is 5.33. The van der Waals surface area contributed by atoms with E-state index in [0.29, 0.717) is 24.6 Å². The van der Waals surface area contributed by atoms with Crippen molar-refractivity contribution in [3.05, 3.63) is 23.3 Å². The third-order valence-corrected chi connectivity index (χ3v) is 4.77. The highest BCUT2D eigenvalue weighted by Gasteiger charge is 2.38. The molecule has 1 fully saturated rings. The van der Waals surface area contributed by atoms with Gasteiger partial charge < -0.3 is 10.0 Å². The SMILES string of the molecule is CCc1nnc(N2CCC[C@@](O)(c3cn(C(C)C)nn3)C2)nc1CC. The van der Waals surface area contributed by atoms with Crippen molar-refractivity contribution in [2.45, 2.75) is 65.0 Å². The molecule has 1 aliphatic heterocycles. The summed E-state index contributed by atoms with van der Waals surface area (Å²) >= 11 is 0. The second kappa shape index (κ2) is 7.03. The predicted octanol–water partition coefficient (Wildman–Crippen LogP) is 1.66. The number of rotatable bonds is 5. The number of piperidine rings is 1. The van der Waals surface area contributed by atoms with Crippen molar-refractivity contribution in [2.75, 3.05) is 18.0 Å². The van der Waals surface area contributed by atoms with Crippen molar-refractivity contribution in [1.29, 1.82) is 0 Å². The Kier molecular flexibility index (Phi) is 4.99. The van der Waals surface area contributed by atoms with Crippen molar-refractivity contribution >= 4 is 5.95 Å². The molecule has 0 amide bonds. The fraction of sp³-hybridized carbons (Fsp3) is 0.706. The molecule has 1 aliphatic rings. The van der Waals surface area contributed by atoms with Crippen molar-refractivity contribution in [2.24, 2.45) is 0 Å². The fourth-order valence-corrected chi connectivity index (χ4v) is 3.22. The lowest BCUT2D eigenvalue weighted by Crippen LogP contribution is -2.47. The van der Waals surface area contributed by atoms with E-state index in [0.717, 1.165) is 37.2 Å². The van der Waals surface area contributed by atoms with E-state index in [1.54, 1.807) is 4.68 Å². The van der Waals surface area contributed by atoms with Gasteiger partial charge in [0.2, 0.25) is 5.95 Å². The van der Waals surface area contributed by atoms with Gasteiger partial charge in [-0.25, -0.2) is 9.67 Å². The Labute approximate surface area is 148 Å². The second-order valence-corrected chi connectivity index (χ2v) is 6.95. The zero-order valence-electron chi connectivity index (χ0n) is 15.5. The van der Waals surface area contributed by atoms with Crippen LogP contribution in [0, 0.1) is 0 Å². The molecule has 8 nitrogen and oxygen atoms in total. The van der Waals surface area contributed by atoms with E-state index in [9.17, 15) is 5.11 Å². The van der Waals surface area contributed by atoms with E-state index in [2.05, 4.69) is 39.3 Å².